The molecule has 0 saturated carbocycles. The molecule has 1 heterocycles. The molecule has 0 fully saturated rings. The SMILES string of the molecule is COc1ccc2c(c1)-c1c(sc(N)c1C(=O)N(C)C)C2. The van der Waals surface area contributed by atoms with E-state index in [1.54, 1.807) is 26.1 Å². The summed E-state index contributed by atoms with van der Waals surface area (Å²) in [5, 5.41) is 0.599. The number of thiophene rings is 1. The molecule has 1 aromatic heterocycles. The number of nitrogens with two attached hydrogens (primary N) is 1. The van der Waals surface area contributed by atoms with Crippen molar-refractivity contribution in [3.8, 4) is 16.9 Å². The van der Waals surface area contributed by atoms with Crippen molar-refractivity contribution < 1.29 is 9.53 Å². The van der Waals surface area contributed by atoms with E-state index in [0.717, 1.165) is 28.2 Å². The van der Waals surface area contributed by atoms with Crippen LogP contribution in [-0.4, -0.2) is 32.0 Å². The van der Waals surface area contributed by atoms with E-state index in [9.17, 15) is 4.79 Å². The molecule has 0 atom stereocenters. The molecule has 0 unspecified atom stereocenters. The van der Waals surface area contributed by atoms with E-state index in [1.807, 2.05) is 12.1 Å². The summed E-state index contributed by atoms with van der Waals surface area (Å²) in [7, 11) is 5.13. The van der Waals surface area contributed by atoms with E-state index in [2.05, 4.69) is 6.07 Å². The fraction of sp³-hybridized carbons (Fsp3) is 0.267. The summed E-state index contributed by atoms with van der Waals surface area (Å²) < 4.78 is 5.29. The maximum Gasteiger partial charge on any atom is 0.256 e. The lowest BCUT2D eigenvalue weighted by atomic mass is 10.0. The van der Waals surface area contributed by atoms with Gasteiger partial charge in [0.2, 0.25) is 0 Å². The van der Waals surface area contributed by atoms with Crippen molar-refractivity contribution >= 4 is 22.2 Å². The van der Waals surface area contributed by atoms with E-state index in [0.29, 0.717) is 10.6 Å². The first-order valence-corrected chi connectivity index (χ1v) is 7.14. The zero-order valence-corrected chi connectivity index (χ0v) is 12.5. The second-order valence-corrected chi connectivity index (χ2v) is 6.18. The predicted octanol–water partition coefficient (Wildman–Crippen LogP) is 2.61. The summed E-state index contributed by atoms with van der Waals surface area (Å²) in [6, 6.07) is 5.99. The fourth-order valence-electron chi connectivity index (χ4n) is 2.59. The molecule has 0 spiro atoms. The largest absolute Gasteiger partial charge is 0.497 e. The maximum absolute atomic E-state index is 12.4. The lowest BCUT2D eigenvalue weighted by molar-refractivity contribution is 0.0829. The molecular formula is C15H16N2O2S. The number of anilines is 1. The molecule has 2 aromatic rings. The first kappa shape index (κ1) is 13.0. The van der Waals surface area contributed by atoms with Crippen molar-refractivity contribution in [2.45, 2.75) is 6.42 Å². The second-order valence-electron chi connectivity index (χ2n) is 5.04. The van der Waals surface area contributed by atoms with E-state index >= 15 is 0 Å². The molecule has 1 amide bonds. The normalized spacial score (nSPS) is 11.9. The summed E-state index contributed by atoms with van der Waals surface area (Å²) in [6.07, 6.45) is 0.838. The average Bonchev–Trinajstić information content (AvgIpc) is 2.91. The predicted molar refractivity (Wildman–Crippen MR) is 81.5 cm³/mol. The van der Waals surface area contributed by atoms with Crippen LogP contribution in [0, 0.1) is 0 Å². The van der Waals surface area contributed by atoms with Gasteiger partial charge in [-0.05, 0) is 23.3 Å². The van der Waals surface area contributed by atoms with Gasteiger partial charge in [-0.3, -0.25) is 4.79 Å². The fourth-order valence-corrected chi connectivity index (χ4v) is 3.68. The lowest BCUT2D eigenvalue weighted by Gasteiger charge is -2.12. The number of nitrogens with zero attached hydrogens (tertiary/aromatic N) is 1. The number of amides is 1. The molecule has 2 N–H and O–H groups in total. The highest BCUT2D eigenvalue weighted by Gasteiger charge is 2.30. The van der Waals surface area contributed by atoms with Gasteiger partial charge in [0.1, 0.15) is 5.75 Å². The number of hydrogen-bond donors (Lipinski definition) is 1. The van der Waals surface area contributed by atoms with E-state index in [4.69, 9.17) is 10.5 Å². The summed E-state index contributed by atoms with van der Waals surface area (Å²) in [5.41, 5.74) is 9.96. The third-order valence-corrected chi connectivity index (χ3v) is 4.58. The average molecular weight is 288 g/mol. The van der Waals surface area contributed by atoms with Crippen LogP contribution in [0.15, 0.2) is 18.2 Å². The minimum absolute atomic E-state index is 0.0457. The van der Waals surface area contributed by atoms with Gasteiger partial charge >= 0.3 is 0 Å². The van der Waals surface area contributed by atoms with Crippen LogP contribution in [-0.2, 0) is 6.42 Å². The number of benzene rings is 1. The number of nitrogen functional groups attached to an aromatic ring is 1. The Bertz CT molecular complexity index is 704. The summed E-state index contributed by atoms with van der Waals surface area (Å²) >= 11 is 1.51. The Morgan fingerprint density at radius 1 is 1.40 bits per heavy atom. The standard InChI is InChI=1S/C15H16N2O2S/c1-17(2)15(18)13-12-10-7-9(19-3)5-4-8(10)6-11(12)20-14(13)16/h4-5,7H,6,16H2,1-3H3. The molecule has 1 aliphatic rings. The number of methoxy groups -OCH3 is 1. The molecule has 104 valence electrons. The van der Waals surface area contributed by atoms with Crippen molar-refractivity contribution in [1.29, 1.82) is 0 Å². The van der Waals surface area contributed by atoms with Gasteiger partial charge < -0.3 is 15.4 Å². The monoisotopic (exact) mass is 288 g/mol. The smallest absolute Gasteiger partial charge is 0.256 e. The first-order chi connectivity index (χ1) is 9.52. The Kier molecular flexibility index (Phi) is 2.94. The van der Waals surface area contributed by atoms with Crippen LogP contribution >= 0.6 is 11.3 Å². The number of ether oxygens (including phenoxy) is 1. The lowest BCUT2D eigenvalue weighted by Crippen LogP contribution is -2.22. The molecule has 4 nitrogen and oxygen atoms in total. The molecule has 1 aliphatic carbocycles. The Morgan fingerprint density at radius 3 is 2.80 bits per heavy atom. The highest BCUT2D eigenvalue weighted by molar-refractivity contribution is 7.17. The molecule has 5 heteroatoms. The van der Waals surface area contributed by atoms with Gasteiger partial charge in [-0.2, -0.15) is 0 Å². The van der Waals surface area contributed by atoms with E-state index in [-0.39, 0.29) is 5.91 Å². The van der Waals surface area contributed by atoms with E-state index < -0.39 is 0 Å². The Morgan fingerprint density at radius 2 is 2.15 bits per heavy atom. The van der Waals surface area contributed by atoms with Crippen molar-refractivity contribution in [2.24, 2.45) is 0 Å². The number of hydrogen-bond acceptors (Lipinski definition) is 4. The van der Waals surface area contributed by atoms with Crippen molar-refractivity contribution in [1.82, 2.24) is 4.90 Å². The number of carbonyl (C=O) groups excluding carboxylic acids is 1. The zero-order chi connectivity index (χ0) is 14.4. The van der Waals surface area contributed by atoms with Crippen LogP contribution in [0.3, 0.4) is 0 Å². The quantitative estimate of drug-likeness (QED) is 0.788. The van der Waals surface area contributed by atoms with Crippen LogP contribution in [0.2, 0.25) is 0 Å². The van der Waals surface area contributed by atoms with Crippen LogP contribution < -0.4 is 10.5 Å². The van der Waals surface area contributed by atoms with Crippen LogP contribution in [0.25, 0.3) is 11.1 Å². The Labute approximate surface area is 121 Å². The minimum Gasteiger partial charge on any atom is -0.497 e. The van der Waals surface area contributed by atoms with Crippen molar-refractivity contribution in [3.05, 3.63) is 34.2 Å². The molecule has 1 aromatic carbocycles. The summed E-state index contributed by atoms with van der Waals surface area (Å²) in [4.78, 5) is 15.1. The topological polar surface area (TPSA) is 55.6 Å². The molecule has 0 radical (unpaired) electrons. The van der Waals surface area contributed by atoms with Gasteiger partial charge in [0, 0.05) is 31.0 Å². The number of fused-ring (bicyclic) bond motifs is 3. The summed E-state index contributed by atoms with van der Waals surface area (Å²) in [6.45, 7) is 0. The number of rotatable bonds is 2. The molecule has 0 saturated heterocycles. The van der Waals surface area contributed by atoms with Gasteiger partial charge in [-0.15, -0.1) is 11.3 Å². The minimum atomic E-state index is -0.0457. The number of carbonyl (C=O) groups is 1. The molecule has 0 aliphatic heterocycles. The zero-order valence-electron chi connectivity index (χ0n) is 11.7. The van der Waals surface area contributed by atoms with Gasteiger partial charge in [-0.25, -0.2) is 0 Å². The Hall–Kier alpha value is -2.01. The van der Waals surface area contributed by atoms with Crippen molar-refractivity contribution in [3.63, 3.8) is 0 Å². The van der Waals surface area contributed by atoms with Crippen LogP contribution in [0.4, 0.5) is 5.00 Å². The Balaban J connectivity index is 2.21. The van der Waals surface area contributed by atoms with Gasteiger partial charge in [0.25, 0.3) is 5.91 Å². The van der Waals surface area contributed by atoms with Crippen LogP contribution in [0.1, 0.15) is 20.8 Å². The molecule has 0 bridgehead atoms. The maximum atomic E-state index is 12.4. The van der Waals surface area contributed by atoms with Gasteiger partial charge in [0.15, 0.2) is 0 Å². The molecule has 20 heavy (non-hydrogen) atoms. The van der Waals surface area contributed by atoms with Crippen molar-refractivity contribution in [2.75, 3.05) is 26.9 Å². The highest BCUT2D eigenvalue weighted by atomic mass is 32.1. The highest BCUT2D eigenvalue weighted by Crippen LogP contribution is 2.47. The van der Waals surface area contributed by atoms with Crippen LogP contribution in [0.5, 0.6) is 5.75 Å². The van der Waals surface area contributed by atoms with Gasteiger partial charge in [-0.1, -0.05) is 6.07 Å². The summed E-state index contributed by atoms with van der Waals surface area (Å²) in [5.74, 6) is 0.750. The second kappa shape index (κ2) is 4.52. The first-order valence-electron chi connectivity index (χ1n) is 6.33. The van der Waals surface area contributed by atoms with Gasteiger partial charge in [0.05, 0.1) is 17.7 Å². The molecule has 3 rings (SSSR count). The third-order valence-electron chi connectivity index (χ3n) is 3.57. The van der Waals surface area contributed by atoms with E-state index in [1.165, 1.54) is 16.9 Å². The molecular weight excluding hydrogens is 272 g/mol. The third kappa shape index (κ3) is 1.78.